The number of likely N-dealkylation sites (N-methyl/N-ethyl adjacent to an activating group) is 1. The van der Waals surface area contributed by atoms with Crippen LogP contribution >= 0.6 is 0 Å². The minimum absolute atomic E-state index is 0.318. The highest BCUT2D eigenvalue weighted by Crippen LogP contribution is 2.51. The van der Waals surface area contributed by atoms with E-state index in [2.05, 4.69) is 37.2 Å². The molecule has 0 saturated carbocycles. The van der Waals surface area contributed by atoms with Gasteiger partial charge in [-0.15, -0.1) is 4.41 Å². The van der Waals surface area contributed by atoms with Gasteiger partial charge < -0.3 is 4.90 Å². The van der Waals surface area contributed by atoms with Gasteiger partial charge in [0.2, 0.25) is 0 Å². The van der Waals surface area contributed by atoms with Crippen LogP contribution in [0.2, 0.25) is 0 Å². The minimum Gasteiger partial charge on any atom is -0.344 e. The number of fused-ring (bicyclic) bond motifs is 1. The molecule has 2 aliphatic rings. The Hall–Kier alpha value is -2.67. The van der Waals surface area contributed by atoms with Crippen molar-refractivity contribution >= 4 is 21.3 Å². The molecule has 6 nitrogen and oxygen atoms in total. The zero-order valence-electron chi connectivity index (χ0n) is 17.4. The summed E-state index contributed by atoms with van der Waals surface area (Å²) in [5.74, 6) is 0. The molecule has 0 N–H and O–H groups in total. The molecule has 2 heterocycles. The second-order valence-corrected chi connectivity index (χ2v) is 10.6. The lowest BCUT2D eigenvalue weighted by atomic mass is 9.75. The van der Waals surface area contributed by atoms with Crippen LogP contribution in [0, 0.1) is 5.41 Å². The minimum atomic E-state index is -3.66. The largest absolute Gasteiger partial charge is 0.344 e. The van der Waals surface area contributed by atoms with Gasteiger partial charge in [0.1, 0.15) is 6.04 Å². The Labute approximate surface area is 172 Å². The average Bonchev–Trinajstić information content (AvgIpc) is 3.06. The average molecular weight is 411 g/mol. The zero-order chi connectivity index (χ0) is 21.0. The van der Waals surface area contributed by atoms with Crippen molar-refractivity contribution in [1.82, 2.24) is 4.41 Å². The number of para-hydroxylation sites is 1. The number of hydrogen-bond acceptors (Lipinski definition) is 5. The first-order valence-corrected chi connectivity index (χ1v) is 11.4. The quantitative estimate of drug-likeness (QED) is 0.740. The van der Waals surface area contributed by atoms with Crippen molar-refractivity contribution in [3.63, 3.8) is 0 Å². The fraction of sp³-hybridized carbons (Fsp3) is 0.364. The smallest absolute Gasteiger partial charge is 0.250 e. The van der Waals surface area contributed by atoms with Crippen molar-refractivity contribution in [2.24, 2.45) is 15.8 Å². The van der Waals surface area contributed by atoms with Crippen LogP contribution in [0.25, 0.3) is 5.57 Å². The molecule has 0 unspecified atom stereocenters. The van der Waals surface area contributed by atoms with Crippen molar-refractivity contribution < 1.29 is 8.42 Å². The van der Waals surface area contributed by atoms with Crippen LogP contribution in [0.4, 0.5) is 5.69 Å². The number of nitrogens with zero attached hydrogens (tertiary/aromatic N) is 4. The van der Waals surface area contributed by atoms with Gasteiger partial charge in [0, 0.05) is 18.3 Å². The summed E-state index contributed by atoms with van der Waals surface area (Å²) in [7, 11) is -1.74. The Balaban J connectivity index is 2.07. The van der Waals surface area contributed by atoms with Crippen molar-refractivity contribution in [3.05, 3.63) is 71.8 Å². The van der Waals surface area contributed by atoms with Crippen LogP contribution < -0.4 is 4.90 Å². The maximum atomic E-state index is 12.8. The zero-order valence-corrected chi connectivity index (χ0v) is 18.2. The topological polar surface area (TPSA) is 65.3 Å². The lowest BCUT2D eigenvalue weighted by molar-refractivity contribution is 0.177. The fourth-order valence-corrected chi connectivity index (χ4v) is 5.36. The second-order valence-electron chi connectivity index (χ2n) is 8.76. The van der Waals surface area contributed by atoms with Crippen LogP contribution in [0.15, 0.2) is 71.0 Å². The molecule has 0 bridgehead atoms. The lowest BCUT2D eigenvalue weighted by Gasteiger charge is -2.50. The molecule has 0 radical (unpaired) electrons. The van der Waals surface area contributed by atoms with Crippen LogP contribution in [0.3, 0.4) is 0 Å². The molecule has 2 aromatic carbocycles. The normalized spacial score (nSPS) is 24.0. The van der Waals surface area contributed by atoms with E-state index in [1.165, 1.54) is 10.7 Å². The van der Waals surface area contributed by atoms with E-state index < -0.39 is 15.7 Å². The van der Waals surface area contributed by atoms with E-state index >= 15 is 0 Å². The third kappa shape index (κ3) is 2.95. The highest BCUT2D eigenvalue weighted by molar-refractivity contribution is 7.88. The molecular weight excluding hydrogens is 384 g/mol. The van der Waals surface area contributed by atoms with Crippen molar-refractivity contribution in [3.8, 4) is 0 Å². The van der Waals surface area contributed by atoms with Gasteiger partial charge in [-0.3, -0.25) is 0 Å². The Bertz CT molecular complexity index is 1100. The molecule has 29 heavy (non-hydrogen) atoms. The third-order valence-corrected chi connectivity index (χ3v) is 6.62. The number of sulfonamides is 1. The van der Waals surface area contributed by atoms with E-state index in [4.69, 9.17) is 0 Å². The predicted octanol–water partition coefficient (Wildman–Crippen LogP) is 4.32. The SMILES string of the molecule is CN1c2ccccc2C(c2ccccc2)=C[C@@]12[C@H](C(C)(C)C)N=NN2S(C)(=O)=O. The van der Waals surface area contributed by atoms with Crippen molar-refractivity contribution in [2.75, 3.05) is 18.2 Å². The summed E-state index contributed by atoms with van der Waals surface area (Å²) in [6, 6.07) is 17.7. The van der Waals surface area contributed by atoms with E-state index in [1.807, 2.05) is 66.6 Å². The first-order valence-electron chi connectivity index (χ1n) is 9.59. The summed E-state index contributed by atoms with van der Waals surface area (Å²) < 4.78 is 26.8. The molecule has 2 atom stereocenters. The first kappa shape index (κ1) is 19.6. The van der Waals surface area contributed by atoms with Gasteiger partial charge in [-0.2, -0.15) is 5.11 Å². The number of anilines is 1. The molecule has 0 aliphatic carbocycles. The molecule has 0 aromatic heterocycles. The second kappa shape index (κ2) is 6.42. The lowest BCUT2D eigenvalue weighted by Crippen LogP contribution is -2.65. The summed E-state index contributed by atoms with van der Waals surface area (Å²) in [4.78, 5) is 2.01. The van der Waals surface area contributed by atoms with E-state index in [-0.39, 0.29) is 11.5 Å². The van der Waals surface area contributed by atoms with Crippen LogP contribution in [-0.2, 0) is 10.0 Å². The Morgan fingerprint density at radius 2 is 1.62 bits per heavy atom. The fourth-order valence-electron chi connectivity index (χ4n) is 4.38. The van der Waals surface area contributed by atoms with Gasteiger partial charge in [0.25, 0.3) is 10.0 Å². The molecule has 7 heteroatoms. The van der Waals surface area contributed by atoms with Crippen molar-refractivity contribution in [1.29, 1.82) is 0 Å². The van der Waals surface area contributed by atoms with E-state index in [0.717, 1.165) is 22.4 Å². The van der Waals surface area contributed by atoms with Gasteiger partial charge in [-0.1, -0.05) is 74.5 Å². The van der Waals surface area contributed by atoms with Crippen LogP contribution in [0.1, 0.15) is 31.9 Å². The number of hydrogen-bond donors (Lipinski definition) is 0. The molecule has 0 saturated heterocycles. The summed E-state index contributed by atoms with van der Waals surface area (Å²) in [6.07, 6.45) is 3.21. The molecule has 0 fully saturated rings. The van der Waals surface area contributed by atoms with Crippen LogP contribution in [0.5, 0.6) is 0 Å². The maximum Gasteiger partial charge on any atom is 0.250 e. The Kier molecular flexibility index (Phi) is 4.35. The highest BCUT2D eigenvalue weighted by Gasteiger charge is 2.59. The first-order chi connectivity index (χ1) is 13.6. The predicted molar refractivity (Wildman–Crippen MR) is 116 cm³/mol. The number of rotatable bonds is 2. The van der Waals surface area contributed by atoms with Gasteiger partial charge in [-0.25, -0.2) is 8.42 Å². The molecule has 152 valence electrons. The molecule has 4 rings (SSSR count). The van der Waals surface area contributed by atoms with Gasteiger partial charge in [0.15, 0.2) is 5.66 Å². The monoisotopic (exact) mass is 410 g/mol. The van der Waals surface area contributed by atoms with Gasteiger partial charge in [0.05, 0.1) is 6.26 Å². The Morgan fingerprint density at radius 3 is 2.24 bits per heavy atom. The highest BCUT2D eigenvalue weighted by atomic mass is 32.2. The standard InChI is InChI=1S/C22H26N4O2S/c1-21(2,3)20-22(26(24-23-20)29(5,27)28)15-18(16-11-7-6-8-12-16)17-13-9-10-14-19(17)25(22)4/h6-15,20H,1-5H3/t20-,22+/m0/s1. The molecule has 2 aliphatic heterocycles. The molecule has 0 amide bonds. The molecule has 1 spiro atoms. The van der Waals surface area contributed by atoms with Crippen molar-refractivity contribution in [2.45, 2.75) is 32.5 Å². The number of benzene rings is 2. The molecular formula is C22H26N4O2S. The van der Waals surface area contributed by atoms with E-state index in [9.17, 15) is 8.42 Å². The van der Waals surface area contributed by atoms with Gasteiger partial charge in [-0.05, 0) is 28.7 Å². The summed E-state index contributed by atoms with van der Waals surface area (Å²) in [6.45, 7) is 6.19. The summed E-state index contributed by atoms with van der Waals surface area (Å²) in [5, 5.41) is 8.64. The summed E-state index contributed by atoms with van der Waals surface area (Å²) >= 11 is 0. The summed E-state index contributed by atoms with van der Waals surface area (Å²) in [5.41, 5.74) is 2.63. The third-order valence-electron chi connectivity index (χ3n) is 5.63. The Morgan fingerprint density at radius 1 is 1.00 bits per heavy atom. The van der Waals surface area contributed by atoms with Crippen LogP contribution in [-0.4, -0.2) is 37.8 Å². The molecule has 2 aromatic rings. The van der Waals surface area contributed by atoms with E-state index in [0.29, 0.717) is 0 Å². The van der Waals surface area contributed by atoms with E-state index in [1.54, 1.807) is 0 Å². The van der Waals surface area contributed by atoms with Gasteiger partial charge >= 0.3 is 0 Å². The maximum absolute atomic E-state index is 12.8.